The summed E-state index contributed by atoms with van der Waals surface area (Å²) in [5, 5.41) is 6.69. The van der Waals surface area contributed by atoms with Crippen molar-refractivity contribution in [3.05, 3.63) is 119 Å². The third kappa shape index (κ3) is 10.1. The average Bonchev–Trinajstić information content (AvgIpc) is 3.16. The number of ether oxygens (including phenoxy) is 1. The van der Waals surface area contributed by atoms with Gasteiger partial charge in [0.25, 0.3) is 0 Å². The molecule has 2 aromatic carbocycles. The standard InChI is InChI=1S/C27H34FN2O2.C8H9NO.C2H6.2H2/c1-5-21(19-12-10-8-6-7-9-11-13-19)27-26(18(2)29-3)22(17-25(31)30-27)20-14-15-24(32-4)23(28)16-20;1-6-3-2-4-7(5-6)8(9)10;1-2;;/h6-16,18,21-22,26-27,29H,5,17H2,1-4H3,(H,30,31);2-5H,1H3,(H2,9,10);1-2H3;2*1H/b7-6-,10-8-,11-9-,19-12+;;;;/t18?,21?,22-,26?,27?;;;;/m1..../s1. The highest BCUT2D eigenvalue weighted by Crippen LogP contribution is 2.42. The number of piperidine rings is 1. The zero-order chi connectivity index (χ0) is 32.6. The van der Waals surface area contributed by atoms with Gasteiger partial charge in [-0.1, -0.05) is 92.6 Å². The van der Waals surface area contributed by atoms with Crippen molar-refractivity contribution in [2.75, 3.05) is 14.2 Å². The van der Waals surface area contributed by atoms with Crippen molar-refractivity contribution >= 4 is 11.8 Å². The molecule has 4 unspecified atom stereocenters. The Bertz CT molecular complexity index is 1360. The number of carbonyl (C=O) groups excluding carboxylic acids is 2. The largest absolute Gasteiger partial charge is 0.494 e. The fourth-order valence-electron chi connectivity index (χ4n) is 5.79. The summed E-state index contributed by atoms with van der Waals surface area (Å²) in [6, 6.07) is 12.3. The minimum atomic E-state index is -0.398. The minimum absolute atomic E-state index is 0. The van der Waals surface area contributed by atoms with Crippen LogP contribution in [0.5, 0.6) is 5.75 Å². The molecule has 0 aromatic heterocycles. The van der Waals surface area contributed by atoms with Crippen LogP contribution >= 0.6 is 0 Å². The van der Waals surface area contributed by atoms with Gasteiger partial charge in [0.1, 0.15) is 0 Å². The van der Waals surface area contributed by atoms with Crippen molar-refractivity contribution in [3.63, 3.8) is 0 Å². The molecule has 44 heavy (non-hydrogen) atoms. The van der Waals surface area contributed by atoms with Gasteiger partial charge in [-0.2, -0.15) is 0 Å². The maximum absolute atomic E-state index is 14.6. The number of halogens is 1. The van der Waals surface area contributed by atoms with E-state index in [4.69, 9.17) is 10.5 Å². The predicted octanol–water partition coefficient (Wildman–Crippen LogP) is 7.48. The van der Waals surface area contributed by atoms with Crippen molar-refractivity contribution in [2.24, 2.45) is 17.6 Å². The summed E-state index contributed by atoms with van der Waals surface area (Å²) in [7, 11) is 3.40. The summed E-state index contributed by atoms with van der Waals surface area (Å²) in [4.78, 5) is 23.5. The fraction of sp³-hybridized carbons (Fsp3) is 0.378. The Morgan fingerprint density at radius 1 is 1.11 bits per heavy atom. The van der Waals surface area contributed by atoms with Crippen LogP contribution < -0.4 is 21.1 Å². The maximum Gasteiger partial charge on any atom is 0.248 e. The Labute approximate surface area is 266 Å². The van der Waals surface area contributed by atoms with Crippen molar-refractivity contribution in [3.8, 4) is 5.75 Å². The van der Waals surface area contributed by atoms with E-state index in [1.165, 1.54) is 18.7 Å². The SMILES string of the molecule is CC.CCC(/C1=C/C=C\C=C/C=C\[CH]1)C1NC(=O)C[C@H](c2ccc(OC)c(F)c2)C1C(C)NC.Cc1cccc(C(N)=O)c1.[HH].[HH]. The molecule has 1 saturated heterocycles. The van der Waals surface area contributed by atoms with Crippen LogP contribution in [-0.2, 0) is 4.79 Å². The molecule has 4 N–H and O–H groups in total. The number of amides is 2. The minimum Gasteiger partial charge on any atom is -0.494 e. The first kappa shape index (κ1) is 36.2. The number of hydrogen-bond donors (Lipinski definition) is 3. The highest BCUT2D eigenvalue weighted by Gasteiger charge is 2.44. The Morgan fingerprint density at radius 2 is 1.80 bits per heavy atom. The lowest BCUT2D eigenvalue weighted by atomic mass is 9.67. The quantitative estimate of drug-likeness (QED) is 0.290. The Kier molecular flexibility index (Phi) is 15.3. The lowest BCUT2D eigenvalue weighted by Crippen LogP contribution is -2.57. The van der Waals surface area contributed by atoms with Crippen molar-refractivity contribution in [2.45, 2.75) is 65.5 Å². The number of nitrogens with one attached hydrogen (secondary N) is 2. The molecule has 5 atom stereocenters. The monoisotopic (exact) mass is 606 g/mol. The van der Waals surface area contributed by atoms with Gasteiger partial charge in [0.05, 0.1) is 7.11 Å². The van der Waals surface area contributed by atoms with E-state index in [0.29, 0.717) is 12.0 Å². The van der Waals surface area contributed by atoms with Crippen LogP contribution in [0.3, 0.4) is 0 Å². The van der Waals surface area contributed by atoms with E-state index >= 15 is 0 Å². The molecule has 1 fully saturated rings. The number of allylic oxidation sites excluding steroid dienone is 7. The second-order valence-corrected chi connectivity index (χ2v) is 10.7. The van der Waals surface area contributed by atoms with Crippen LogP contribution in [0.4, 0.5) is 4.39 Å². The van der Waals surface area contributed by atoms with Crippen LogP contribution in [0, 0.1) is 31.0 Å². The fourth-order valence-corrected chi connectivity index (χ4v) is 5.79. The number of primary amides is 1. The second-order valence-electron chi connectivity index (χ2n) is 10.7. The van der Waals surface area contributed by atoms with E-state index in [1.54, 1.807) is 18.2 Å². The molecular weight excluding hydrogens is 553 g/mol. The van der Waals surface area contributed by atoms with E-state index < -0.39 is 5.82 Å². The molecule has 1 aliphatic heterocycles. The number of aryl methyl sites for hydroxylation is 1. The molecular formula is C37H53FN3O3. The molecule has 0 spiro atoms. The topological polar surface area (TPSA) is 93.4 Å². The number of nitrogens with two attached hydrogens (primary N) is 1. The lowest BCUT2D eigenvalue weighted by molar-refractivity contribution is -0.126. The molecule has 2 aliphatic rings. The number of rotatable bonds is 8. The molecule has 2 aromatic rings. The van der Waals surface area contributed by atoms with E-state index in [1.807, 2.05) is 82.5 Å². The zero-order valence-corrected chi connectivity index (χ0v) is 27.1. The van der Waals surface area contributed by atoms with Crippen molar-refractivity contribution in [1.82, 2.24) is 10.6 Å². The third-order valence-corrected chi connectivity index (χ3v) is 7.99. The molecule has 0 saturated carbocycles. The van der Waals surface area contributed by atoms with Crippen LogP contribution in [0.1, 0.15) is 70.8 Å². The van der Waals surface area contributed by atoms with Crippen molar-refractivity contribution in [1.29, 1.82) is 0 Å². The van der Waals surface area contributed by atoms with Gasteiger partial charge in [0.15, 0.2) is 11.6 Å². The van der Waals surface area contributed by atoms with Crippen LogP contribution in [0.15, 0.2) is 90.6 Å². The number of benzene rings is 2. The van der Waals surface area contributed by atoms with E-state index in [0.717, 1.165) is 17.5 Å². The lowest BCUT2D eigenvalue weighted by Gasteiger charge is -2.45. The van der Waals surface area contributed by atoms with Crippen molar-refractivity contribution < 1.29 is 21.6 Å². The first-order valence-electron chi connectivity index (χ1n) is 15.4. The zero-order valence-electron chi connectivity index (χ0n) is 27.1. The molecule has 0 bridgehead atoms. The second kappa shape index (κ2) is 18.6. The van der Waals surface area contributed by atoms with Gasteiger partial charge in [-0.05, 0) is 63.1 Å². The molecule has 1 heterocycles. The molecule has 241 valence electrons. The van der Waals surface area contributed by atoms with Gasteiger partial charge in [-0.25, -0.2) is 4.39 Å². The van der Waals surface area contributed by atoms with E-state index in [-0.39, 0.29) is 50.3 Å². The van der Waals surface area contributed by atoms with Gasteiger partial charge in [0, 0.05) is 45.2 Å². The van der Waals surface area contributed by atoms with Gasteiger partial charge in [-0.15, -0.1) is 0 Å². The molecule has 7 heteroatoms. The predicted molar refractivity (Wildman–Crippen MR) is 183 cm³/mol. The Balaban J connectivity index is 0.00000123. The summed E-state index contributed by atoms with van der Waals surface area (Å²) in [6.45, 7) is 10.2. The highest BCUT2D eigenvalue weighted by molar-refractivity contribution is 5.92. The van der Waals surface area contributed by atoms with Crippen LogP contribution in [-0.4, -0.2) is 38.1 Å². The smallest absolute Gasteiger partial charge is 0.248 e. The summed E-state index contributed by atoms with van der Waals surface area (Å²) in [5.41, 5.74) is 8.67. The van der Waals surface area contributed by atoms with Gasteiger partial charge < -0.3 is 21.1 Å². The van der Waals surface area contributed by atoms with Gasteiger partial charge >= 0.3 is 0 Å². The summed E-state index contributed by atoms with van der Waals surface area (Å²) in [6.07, 6.45) is 17.5. The Hall–Kier alpha value is -3.97. The first-order chi connectivity index (χ1) is 21.2. The van der Waals surface area contributed by atoms with E-state index in [9.17, 15) is 14.0 Å². The average molecular weight is 607 g/mol. The van der Waals surface area contributed by atoms with Crippen LogP contribution in [0.25, 0.3) is 0 Å². The third-order valence-electron chi connectivity index (χ3n) is 7.99. The molecule has 2 amide bonds. The number of methoxy groups -OCH3 is 1. The number of hydrogen-bond acceptors (Lipinski definition) is 4. The summed E-state index contributed by atoms with van der Waals surface area (Å²) in [5.74, 6) is -0.440. The summed E-state index contributed by atoms with van der Waals surface area (Å²) >= 11 is 0. The Morgan fingerprint density at radius 3 is 2.36 bits per heavy atom. The van der Waals surface area contributed by atoms with Gasteiger partial charge in [-0.3, -0.25) is 9.59 Å². The van der Waals surface area contributed by atoms with Crippen LogP contribution in [0.2, 0.25) is 0 Å². The molecule has 1 radical (unpaired) electrons. The normalized spacial score (nSPS) is 24.0. The number of carbonyl (C=O) groups is 2. The molecule has 4 rings (SSSR count). The summed E-state index contributed by atoms with van der Waals surface area (Å²) < 4.78 is 19.7. The molecule has 6 nitrogen and oxygen atoms in total. The van der Waals surface area contributed by atoms with E-state index in [2.05, 4.69) is 37.0 Å². The van der Waals surface area contributed by atoms with Gasteiger partial charge in [0.2, 0.25) is 11.8 Å². The first-order valence-corrected chi connectivity index (χ1v) is 15.4. The molecule has 1 aliphatic carbocycles. The highest BCUT2D eigenvalue weighted by atomic mass is 19.1. The maximum atomic E-state index is 14.6.